The third-order valence-corrected chi connectivity index (χ3v) is 2.03. The summed E-state index contributed by atoms with van der Waals surface area (Å²) in [6, 6.07) is 0. The van der Waals surface area contributed by atoms with Gasteiger partial charge < -0.3 is 14.2 Å². The highest BCUT2D eigenvalue weighted by Gasteiger charge is 1.94. The van der Waals surface area contributed by atoms with Gasteiger partial charge in [-0.05, 0) is 12.8 Å². The lowest BCUT2D eigenvalue weighted by Crippen LogP contribution is -2.16. The van der Waals surface area contributed by atoms with E-state index >= 15 is 0 Å². The van der Waals surface area contributed by atoms with Crippen molar-refractivity contribution >= 4 is 0 Å². The fourth-order valence-electron chi connectivity index (χ4n) is 1.03. The van der Waals surface area contributed by atoms with Crippen LogP contribution in [0.1, 0.15) is 39.5 Å². The monoisotopic (exact) mass is 218 g/mol. The van der Waals surface area contributed by atoms with Crippen molar-refractivity contribution < 1.29 is 14.2 Å². The molecule has 0 unspecified atom stereocenters. The predicted molar refractivity (Wildman–Crippen MR) is 62.3 cm³/mol. The molecule has 0 aromatic heterocycles. The van der Waals surface area contributed by atoms with Crippen LogP contribution in [0.15, 0.2) is 0 Å². The van der Waals surface area contributed by atoms with Crippen LogP contribution < -0.4 is 0 Å². The highest BCUT2D eigenvalue weighted by molar-refractivity contribution is 4.37. The first-order valence-corrected chi connectivity index (χ1v) is 6.15. The van der Waals surface area contributed by atoms with Gasteiger partial charge in [0, 0.05) is 13.2 Å². The van der Waals surface area contributed by atoms with Gasteiger partial charge in [0.25, 0.3) is 0 Å². The Balaban J connectivity index is 0.000000280. The lowest BCUT2D eigenvalue weighted by atomic mass is 10.3. The maximum absolute atomic E-state index is 5.31. The molecule has 1 aliphatic heterocycles. The number of rotatable bonds is 6. The Labute approximate surface area is 94.1 Å². The molecule has 0 atom stereocenters. The SMILES string of the molecule is C1COCCO1.CCCCOCCCC. The van der Waals surface area contributed by atoms with Gasteiger partial charge in [-0.1, -0.05) is 26.7 Å². The van der Waals surface area contributed by atoms with E-state index in [0.29, 0.717) is 0 Å². The molecule has 1 rings (SSSR count). The summed E-state index contributed by atoms with van der Waals surface area (Å²) in [7, 11) is 0. The van der Waals surface area contributed by atoms with Gasteiger partial charge in [-0.15, -0.1) is 0 Å². The molecule has 0 saturated carbocycles. The molecule has 0 amide bonds. The van der Waals surface area contributed by atoms with Crippen molar-refractivity contribution in [1.29, 1.82) is 0 Å². The summed E-state index contributed by atoms with van der Waals surface area (Å²) in [5.41, 5.74) is 0. The summed E-state index contributed by atoms with van der Waals surface area (Å²) in [5.74, 6) is 0. The molecule has 0 radical (unpaired) electrons. The van der Waals surface area contributed by atoms with Crippen LogP contribution >= 0.6 is 0 Å². The molecule has 0 aromatic carbocycles. The van der Waals surface area contributed by atoms with Crippen LogP contribution in [0.3, 0.4) is 0 Å². The van der Waals surface area contributed by atoms with Gasteiger partial charge in [0.05, 0.1) is 26.4 Å². The molecule has 15 heavy (non-hydrogen) atoms. The molecule has 0 N–H and O–H groups in total. The van der Waals surface area contributed by atoms with Crippen molar-refractivity contribution in [3.8, 4) is 0 Å². The van der Waals surface area contributed by atoms with Gasteiger partial charge in [-0.2, -0.15) is 0 Å². The molecule has 0 aromatic rings. The Kier molecular flexibility index (Phi) is 13.8. The molecule has 1 fully saturated rings. The minimum Gasteiger partial charge on any atom is -0.381 e. The maximum atomic E-state index is 5.31. The minimum atomic E-state index is 0.778. The molecule has 1 aliphatic rings. The van der Waals surface area contributed by atoms with E-state index in [1.54, 1.807) is 0 Å². The summed E-state index contributed by atoms with van der Waals surface area (Å²) >= 11 is 0. The third kappa shape index (κ3) is 13.9. The highest BCUT2D eigenvalue weighted by atomic mass is 16.6. The van der Waals surface area contributed by atoms with E-state index in [2.05, 4.69) is 13.8 Å². The first-order valence-electron chi connectivity index (χ1n) is 6.15. The molecule has 3 nitrogen and oxygen atoms in total. The average Bonchev–Trinajstić information content (AvgIpc) is 2.32. The molecule has 1 heterocycles. The van der Waals surface area contributed by atoms with E-state index in [1.165, 1.54) is 25.7 Å². The summed E-state index contributed by atoms with van der Waals surface area (Å²) in [6.07, 6.45) is 4.91. The smallest absolute Gasteiger partial charge is 0.0701 e. The van der Waals surface area contributed by atoms with Crippen LogP contribution in [0.2, 0.25) is 0 Å². The van der Waals surface area contributed by atoms with E-state index in [4.69, 9.17) is 14.2 Å². The van der Waals surface area contributed by atoms with Gasteiger partial charge in [0.1, 0.15) is 0 Å². The Hall–Kier alpha value is -0.120. The molecule has 92 valence electrons. The van der Waals surface area contributed by atoms with E-state index in [1.807, 2.05) is 0 Å². The predicted octanol–water partition coefficient (Wildman–Crippen LogP) is 2.64. The first kappa shape index (κ1) is 14.9. The minimum absolute atomic E-state index is 0.778. The lowest BCUT2D eigenvalue weighted by molar-refractivity contribution is -0.0334. The van der Waals surface area contributed by atoms with Crippen molar-refractivity contribution in [2.24, 2.45) is 0 Å². The summed E-state index contributed by atoms with van der Waals surface area (Å²) in [5, 5.41) is 0. The van der Waals surface area contributed by atoms with Crippen molar-refractivity contribution in [3.05, 3.63) is 0 Å². The standard InChI is InChI=1S/C8H18O.C4H8O2/c1-3-5-7-9-8-6-4-2;1-2-6-4-3-5-1/h3-8H2,1-2H3;1-4H2. The van der Waals surface area contributed by atoms with Crippen LogP contribution in [0.5, 0.6) is 0 Å². The first-order chi connectivity index (χ1) is 7.41. The molecule has 3 heteroatoms. The fraction of sp³-hybridized carbons (Fsp3) is 1.00. The average molecular weight is 218 g/mol. The van der Waals surface area contributed by atoms with E-state index in [9.17, 15) is 0 Å². The number of hydrogen-bond donors (Lipinski definition) is 0. The number of ether oxygens (including phenoxy) is 3. The normalized spacial score (nSPS) is 15.6. The molecule has 0 spiro atoms. The van der Waals surface area contributed by atoms with Crippen molar-refractivity contribution in [3.63, 3.8) is 0 Å². The highest BCUT2D eigenvalue weighted by Crippen LogP contribution is 1.91. The Bertz CT molecular complexity index is 85.5. The van der Waals surface area contributed by atoms with Gasteiger partial charge in [-0.3, -0.25) is 0 Å². The summed E-state index contributed by atoms with van der Waals surface area (Å²) in [6.45, 7) is 9.39. The third-order valence-electron chi connectivity index (χ3n) is 2.03. The topological polar surface area (TPSA) is 27.7 Å². The largest absolute Gasteiger partial charge is 0.381 e. The van der Waals surface area contributed by atoms with E-state index < -0.39 is 0 Å². The fourth-order valence-corrected chi connectivity index (χ4v) is 1.03. The molecular formula is C12H26O3. The van der Waals surface area contributed by atoms with Crippen LogP contribution in [0.25, 0.3) is 0 Å². The molecule has 1 saturated heterocycles. The van der Waals surface area contributed by atoms with Gasteiger partial charge >= 0.3 is 0 Å². The van der Waals surface area contributed by atoms with Crippen LogP contribution in [-0.4, -0.2) is 39.6 Å². The van der Waals surface area contributed by atoms with Crippen molar-refractivity contribution in [1.82, 2.24) is 0 Å². The zero-order valence-electron chi connectivity index (χ0n) is 10.3. The second kappa shape index (κ2) is 13.9. The Morgan fingerprint density at radius 1 is 0.800 bits per heavy atom. The summed E-state index contributed by atoms with van der Waals surface area (Å²) in [4.78, 5) is 0. The number of unbranched alkanes of at least 4 members (excludes halogenated alkanes) is 2. The van der Waals surface area contributed by atoms with Crippen LogP contribution in [-0.2, 0) is 14.2 Å². The zero-order valence-corrected chi connectivity index (χ0v) is 10.3. The second-order valence-corrected chi connectivity index (χ2v) is 3.54. The zero-order chi connectivity index (χ0) is 11.2. The van der Waals surface area contributed by atoms with Gasteiger partial charge in [0.2, 0.25) is 0 Å². The second-order valence-electron chi connectivity index (χ2n) is 3.54. The van der Waals surface area contributed by atoms with Crippen molar-refractivity contribution in [2.45, 2.75) is 39.5 Å². The lowest BCUT2D eigenvalue weighted by Gasteiger charge is -2.09. The quantitative estimate of drug-likeness (QED) is 0.641. The van der Waals surface area contributed by atoms with Crippen LogP contribution in [0.4, 0.5) is 0 Å². The van der Waals surface area contributed by atoms with Gasteiger partial charge in [0.15, 0.2) is 0 Å². The summed E-state index contributed by atoms with van der Waals surface area (Å²) < 4.78 is 15.2. The van der Waals surface area contributed by atoms with Gasteiger partial charge in [-0.25, -0.2) is 0 Å². The molecule has 0 bridgehead atoms. The number of hydrogen-bond acceptors (Lipinski definition) is 3. The maximum Gasteiger partial charge on any atom is 0.0701 e. The van der Waals surface area contributed by atoms with E-state index in [0.717, 1.165) is 39.6 Å². The van der Waals surface area contributed by atoms with Crippen molar-refractivity contribution in [2.75, 3.05) is 39.6 Å². The Morgan fingerprint density at radius 3 is 1.47 bits per heavy atom. The van der Waals surface area contributed by atoms with Crippen LogP contribution in [0, 0.1) is 0 Å². The van der Waals surface area contributed by atoms with E-state index in [-0.39, 0.29) is 0 Å². The Morgan fingerprint density at radius 2 is 1.20 bits per heavy atom. The molecule has 0 aliphatic carbocycles. The molecular weight excluding hydrogens is 192 g/mol.